The molecular formula is C22H28FN3O5S. The highest BCUT2D eigenvalue weighted by atomic mass is 32.2. The highest BCUT2D eigenvalue weighted by molar-refractivity contribution is 7.89. The average Bonchev–Trinajstić information content (AvgIpc) is 2.60. The zero-order valence-electron chi connectivity index (χ0n) is 18.9. The van der Waals surface area contributed by atoms with Crippen LogP contribution in [0.5, 0.6) is 0 Å². The van der Waals surface area contributed by atoms with E-state index in [-0.39, 0.29) is 21.8 Å². The zero-order chi connectivity index (χ0) is 24.3. The monoisotopic (exact) mass is 465 g/mol. The van der Waals surface area contributed by atoms with Crippen molar-refractivity contribution in [3.63, 3.8) is 0 Å². The Bertz CT molecular complexity index is 1100. The van der Waals surface area contributed by atoms with Crippen molar-refractivity contribution in [2.75, 3.05) is 10.6 Å². The molecule has 0 saturated heterocycles. The van der Waals surface area contributed by atoms with Crippen molar-refractivity contribution in [1.29, 1.82) is 0 Å². The normalized spacial score (nSPS) is 12.2. The first kappa shape index (κ1) is 25.3. The van der Waals surface area contributed by atoms with E-state index in [9.17, 15) is 22.4 Å². The molecule has 0 heterocycles. The van der Waals surface area contributed by atoms with Gasteiger partial charge in [-0.1, -0.05) is 0 Å². The van der Waals surface area contributed by atoms with Crippen LogP contribution < -0.4 is 15.4 Å². The number of carbonyl (C=O) groups is 2. The number of carbonyl (C=O) groups excluding carboxylic acids is 2. The van der Waals surface area contributed by atoms with E-state index in [1.54, 1.807) is 41.5 Å². The summed E-state index contributed by atoms with van der Waals surface area (Å²) in [5, 5.41) is 4.99. The van der Waals surface area contributed by atoms with Crippen LogP contribution in [0.15, 0.2) is 47.4 Å². The number of amides is 2. The lowest BCUT2D eigenvalue weighted by molar-refractivity contribution is 0.0635. The molecule has 0 aromatic heterocycles. The molecule has 2 aromatic carbocycles. The van der Waals surface area contributed by atoms with E-state index < -0.39 is 39.0 Å². The molecule has 0 fully saturated rings. The van der Waals surface area contributed by atoms with Gasteiger partial charge in [0.2, 0.25) is 10.0 Å². The van der Waals surface area contributed by atoms with Gasteiger partial charge >= 0.3 is 6.09 Å². The Morgan fingerprint density at radius 3 is 2.00 bits per heavy atom. The van der Waals surface area contributed by atoms with Crippen LogP contribution in [-0.2, 0) is 14.8 Å². The molecule has 174 valence electrons. The van der Waals surface area contributed by atoms with Crippen molar-refractivity contribution in [1.82, 2.24) is 4.72 Å². The van der Waals surface area contributed by atoms with Gasteiger partial charge in [0.25, 0.3) is 5.91 Å². The van der Waals surface area contributed by atoms with Crippen molar-refractivity contribution in [3.05, 3.63) is 53.8 Å². The lowest BCUT2D eigenvalue weighted by Gasteiger charge is -2.21. The van der Waals surface area contributed by atoms with Crippen LogP contribution >= 0.6 is 0 Å². The molecule has 0 aliphatic rings. The summed E-state index contributed by atoms with van der Waals surface area (Å²) >= 11 is 0. The molecule has 2 aromatic rings. The molecule has 0 spiro atoms. The Hall–Kier alpha value is -2.98. The van der Waals surface area contributed by atoms with E-state index in [2.05, 4.69) is 15.4 Å². The Balaban J connectivity index is 2.21. The predicted molar refractivity (Wildman–Crippen MR) is 121 cm³/mol. The highest BCUT2D eigenvalue weighted by Crippen LogP contribution is 2.25. The van der Waals surface area contributed by atoms with Crippen LogP contribution in [-0.4, -0.2) is 31.6 Å². The Kier molecular flexibility index (Phi) is 7.31. The standard InChI is InChI=1S/C22H28FN3O5S/c1-21(2,3)26-32(29,30)16-10-7-14(8-11-16)19(27)24-18-13-15(23)9-12-17(18)25-20(28)31-22(4,5)6/h7-13,26H,1-6H3,(H,24,27)(H,25,28). The molecule has 2 amide bonds. The summed E-state index contributed by atoms with van der Waals surface area (Å²) in [6.07, 6.45) is -0.763. The first-order valence-corrected chi connectivity index (χ1v) is 11.3. The summed E-state index contributed by atoms with van der Waals surface area (Å²) in [4.78, 5) is 24.7. The third-order valence-electron chi connectivity index (χ3n) is 3.73. The van der Waals surface area contributed by atoms with Crippen LogP contribution in [0.2, 0.25) is 0 Å². The fourth-order valence-electron chi connectivity index (χ4n) is 2.58. The molecule has 2 rings (SSSR count). The van der Waals surface area contributed by atoms with Crippen LogP contribution in [0.1, 0.15) is 51.9 Å². The molecule has 10 heteroatoms. The largest absolute Gasteiger partial charge is 0.444 e. The number of rotatable bonds is 5. The second-order valence-electron chi connectivity index (χ2n) is 9.15. The maximum atomic E-state index is 13.8. The van der Waals surface area contributed by atoms with Gasteiger partial charge in [-0.25, -0.2) is 22.3 Å². The van der Waals surface area contributed by atoms with Crippen molar-refractivity contribution in [2.45, 2.75) is 57.6 Å². The zero-order valence-corrected chi connectivity index (χ0v) is 19.7. The van der Waals surface area contributed by atoms with Gasteiger partial charge in [-0.05, 0) is 84.0 Å². The summed E-state index contributed by atoms with van der Waals surface area (Å²) in [5.74, 6) is -1.24. The molecule has 0 saturated carbocycles. The first-order valence-electron chi connectivity index (χ1n) is 9.81. The van der Waals surface area contributed by atoms with E-state index in [4.69, 9.17) is 4.74 Å². The number of ether oxygens (including phenoxy) is 1. The molecule has 3 N–H and O–H groups in total. The molecule has 0 radical (unpaired) electrons. The highest BCUT2D eigenvalue weighted by Gasteiger charge is 2.22. The lowest BCUT2D eigenvalue weighted by atomic mass is 10.1. The summed E-state index contributed by atoms with van der Waals surface area (Å²) in [6.45, 7) is 10.2. The Morgan fingerprint density at radius 1 is 0.875 bits per heavy atom. The van der Waals surface area contributed by atoms with Crippen molar-refractivity contribution < 1.29 is 27.1 Å². The number of hydrogen-bond donors (Lipinski definition) is 3. The van der Waals surface area contributed by atoms with Gasteiger partial charge in [0.05, 0.1) is 16.3 Å². The first-order chi connectivity index (χ1) is 14.6. The Labute approximate surface area is 187 Å². The fourth-order valence-corrected chi connectivity index (χ4v) is 4.00. The van der Waals surface area contributed by atoms with E-state index in [0.717, 1.165) is 12.1 Å². The quantitative estimate of drug-likeness (QED) is 0.602. The minimum absolute atomic E-state index is 0.00186. The SMILES string of the molecule is CC(C)(C)NS(=O)(=O)c1ccc(C(=O)Nc2cc(F)ccc2NC(=O)OC(C)(C)C)cc1. The second kappa shape index (κ2) is 9.25. The van der Waals surface area contributed by atoms with Gasteiger partial charge in [0, 0.05) is 11.1 Å². The number of sulfonamides is 1. The van der Waals surface area contributed by atoms with Crippen molar-refractivity contribution >= 4 is 33.4 Å². The van der Waals surface area contributed by atoms with Gasteiger partial charge in [-0.15, -0.1) is 0 Å². The molecule has 0 bridgehead atoms. The van der Waals surface area contributed by atoms with E-state index in [1.165, 1.54) is 30.3 Å². The van der Waals surface area contributed by atoms with Gasteiger partial charge in [-0.2, -0.15) is 0 Å². The molecule has 0 aliphatic carbocycles. The van der Waals surface area contributed by atoms with Gasteiger partial charge < -0.3 is 10.1 Å². The van der Waals surface area contributed by atoms with Gasteiger partial charge in [0.1, 0.15) is 11.4 Å². The maximum absolute atomic E-state index is 13.8. The second-order valence-corrected chi connectivity index (χ2v) is 10.8. The molecule has 0 aliphatic heterocycles. The smallest absolute Gasteiger partial charge is 0.412 e. The van der Waals surface area contributed by atoms with Crippen LogP contribution in [0.25, 0.3) is 0 Å². The van der Waals surface area contributed by atoms with Crippen molar-refractivity contribution in [2.24, 2.45) is 0 Å². The van der Waals surface area contributed by atoms with Gasteiger partial charge in [0.15, 0.2) is 0 Å². The van der Waals surface area contributed by atoms with Crippen molar-refractivity contribution in [3.8, 4) is 0 Å². The average molecular weight is 466 g/mol. The lowest BCUT2D eigenvalue weighted by Crippen LogP contribution is -2.40. The number of anilines is 2. The summed E-state index contributed by atoms with van der Waals surface area (Å²) in [6, 6.07) is 8.76. The predicted octanol–water partition coefficient (Wildman–Crippen LogP) is 4.50. The summed E-state index contributed by atoms with van der Waals surface area (Å²) < 4.78 is 46.3. The Morgan fingerprint density at radius 2 is 1.47 bits per heavy atom. The third kappa shape index (κ3) is 7.61. The molecule has 0 atom stereocenters. The van der Waals surface area contributed by atoms with Gasteiger partial charge in [-0.3, -0.25) is 10.1 Å². The number of hydrogen-bond acceptors (Lipinski definition) is 5. The summed E-state index contributed by atoms with van der Waals surface area (Å²) in [7, 11) is -3.75. The molecular weight excluding hydrogens is 437 g/mol. The minimum atomic E-state index is -3.75. The summed E-state index contributed by atoms with van der Waals surface area (Å²) in [5.41, 5.74) is -1.09. The van der Waals surface area contributed by atoms with E-state index in [1.807, 2.05) is 0 Å². The van der Waals surface area contributed by atoms with Crippen LogP contribution in [0.3, 0.4) is 0 Å². The molecule has 8 nitrogen and oxygen atoms in total. The third-order valence-corrected chi connectivity index (χ3v) is 5.51. The molecule has 32 heavy (non-hydrogen) atoms. The van der Waals surface area contributed by atoms with Crippen LogP contribution in [0.4, 0.5) is 20.6 Å². The maximum Gasteiger partial charge on any atom is 0.412 e. The fraction of sp³-hybridized carbons (Fsp3) is 0.364. The van der Waals surface area contributed by atoms with Crippen LogP contribution in [0, 0.1) is 5.82 Å². The molecule has 0 unspecified atom stereocenters. The van der Waals surface area contributed by atoms with E-state index in [0.29, 0.717) is 0 Å². The van der Waals surface area contributed by atoms with E-state index >= 15 is 0 Å². The minimum Gasteiger partial charge on any atom is -0.444 e. The topological polar surface area (TPSA) is 114 Å². The number of halogens is 1. The number of benzene rings is 2. The number of nitrogens with one attached hydrogen (secondary N) is 3.